The van der Waals surface area contributed by atoms with Crippen LogP contribution in [0.2, 0.25) is 0 Å². The number of nitrogens with one attached hydrogen (secondary N) is 1. The first kappa shape index (κ1) is 17.7. The summed E-state index contributed by atoms with van der Waals surface area (Å²) in [5.74, 6) is 0.765. The van der Waals surface area contributed by atoms with Gasteiger partial charge in [0.15, 0.2) is 0 Å². The molecule has 1 nitrogen and oxygen atoms in total. The van der Waals surface area contributed by atoms with Crippen LogP contribution in [-0.4, -0.2) is 6.54 Å². The molecule has 0 saturated heterocycles. The van der Waals surface area contributed by atoms with Gasteiger partial charge in [0.2, 0.25) is 0 Å². The maximum atomic E-state index is 3.73. The number of hydrogen-bond donors (Lipinski definition) is 1. The Bertz CT molecular complexity index is 375. The molecule has 2 atom stereocenters. The summed E-state index contributed by atoms with van der Waals surface area (Å²) in [5.41, 5.74) is 0.269. The van der Waals surface area contributed by atoms with Gasteiger partial charge < -0.3 is 5.32 Å². The van der Waals surface area contributed by atoms with E-state index in [1.54, 1.807) is 0 Å². The van der Waals surface area contributed by atoms with Crippen LogP contribution < -0.4 is 5.32 Å². The summed E-state index contributed by atoms with van der Waals surface area (Å²) in [7, 11) is 0. The van der Waals surface area contributed by atoms with Gasteiger partial charge in [-0.3, -0.25) is 0 Å². The van der Waals surface area contributed by atoms with E-state index in [0.717, 1.165) is 12.5 Å². The van der Waals surface area contributed by atoms with E-state index in [2.05, 4.69) is 59.0 Å². The van der Waals surface area contributed by atoms with Crippen LogP contribution in [0.3, 0.4) is 0 Å². The van der Waals surface area contributed by atoms with Crippen LogP contribution in [0.4, 0.5) is 0 Å². The van der Waals surface area contributed by atoms with Crippen molar-refractivity contribution >= 4 is 11.3 Å². The van der Waals surface area contributed by atoms with E-state index in [1.807, 2.05) is 11.3 Å². The van der Waals surface area contributed by atoms with E-state index >= 15 is 0 Å². The van der Waals surface area contributed by atoms with Crippen molar-refractivity contribution < 1.29 is 0 Å². The second kappa shape index (κ2) is 8.19. The predicted molar refractivity (Wildman–Crippen MR) is 92.7 cm³/mol. The third kappa shape index (κ3) is 4.89. The van der Waals surface area contributed by atoms with Crippen LogP contribution >= 0.6 is 11.3 Å². The Balaban J connectivity index is 2.91. The Kier molecular flexibility index (Phi) is 7.25. The highest BCUT2D eigenvalue weighted by Crippen LogP contribution is 2.37. The van der Waals surface area contributed by atoms with Crippen LogP contribution in [-0.2, 0) is 5.41 Å². The van der Waals surface area contributed by atoms with Gasteiger partial charge in [0.05, 0.1) is 0 Å². The molecule has 20 heavy (non-hydrogen) atoms. The van der Waals surface area contributed by atoms with E-state index < -0.39 is 0 Å². The summed E-state index contributed by atoms with van der Waals surface area (Å²) in [6.07, 6.45) is 5.25. The Morgan fingerprint density at radius 2 is 1.85 bits per heavy atom. The van der Waals surface area contributed by atoms with Gasteiger partial charge in [-0.15, -0.1) is 11.3 Å². The van der Waals surface area contributed by atoms with E-state index in [9.17, 15) is 0 Å². The maximum absolute atomic E-state index is 3.73. The summed E-state index contributed by atoms with van der Waals surface area (Å²) < 4.78 is 0. The van der Waals surface area contributed by atoms with Crippen molar-refractivity contribution in [2.45, 2.75) is 78.7 Å². The lowest BCUT2D eigenvalue weighted by Crippen LogP contribution is -2.27. The summed E-state index contributed by atoms with van der Waals surface area (Å²) in [4.78, 5) is 3.03. The summed E-state index contributed by atoms with van der Waals surface area (Å²) in [6.45, 7) is 14.8. The second-order valence-electron chi connectivity index (χ2n) is 6.80. The van der Waals surface area contributed by atoms with E-state index in [0.29, 0.717) is 6.04 Å². The molecule has 1 heterocycles. The monoisotopic (exact) mass is 295 g/mol. The fourth-order valence-corrected chi connectivity index (χ4v) is 3.95. The van der Waals surface area contributed by atoms with Gasteiger partial charge in [0.1, 0.15) is 0 Å². The zero-order chi connectivity index (χ0) is 15.2. The summed E-state index contributed by atoms with van der Waals surface area (Å²) in [5, 5.41) is 3.73. The van der Waals surface area contributed by atoms with Gasteiger partial charge in [-0.2, -0.15) is 0 Å². The molecular formula is C18H33NS. The summed E-state index contributed by atoms with van der Waals surface area (Å²) >= 11 is 2.00. The molecule has 0 aromatic carbocycles. The van der Waals surface area contributed by atoms with Crippen LogP contribution in [0.5, 0.6) is 0 Å². The molecule has 116 valence electrons. The Morgan fingerprint density at radius 3 is 2.30 bits per heavy atom. The zero-order valence-corrected chi connectivity index (χ0v) is 15.1. The Morgan fingerprint density at radius 1 is 1.15 bits per heavy atom. The number of thiophene rings is 1. The Labute approximate surface area is 130 Å². The lowest BCUT2D eigenvalue weighted by molar-refractivity contribution is 0.332. The van der Waals surface area contributed by atoms with Gasteiger partial charge in [-0.25, -0.2) is 0 Å². The SMILES string of the molecule is CCCCC(CC)C(NCC)c1ccc(C(C)(C)C)s1. The number of hydrogen-bond acceptors (Lipinski definition) is 2. The molecule has 0 aliphatic heterocycles. The largest absolute Gasteiger partial charge is 0.309 e. The molecule has 0 spiro atoms. The quantitative estimate of drug-likeness (QED) is 0.628. The fraction of sp³-hybridized carbons (Fsp3) is 0.778. The molecule has 1 N–H and O–H groups in total. The first-order chi connectivity index (χ1) is 9.43. The van der Waals surface area contributed by atoms with Gasteiger partial charge in [0.25, 0.3) is 0 Å². The normalized spacial score (nSPS) is 15.3. The molecular weight excluding hydrogens is 262 g/mol. The number of unbranched alkanes of at least 4 members (excludes halogenated alkanes) is 1. The highest BCUT2D eigenvalue weighted by molar-refractivity contribution is 7.12. The van der Waals surface area contributed by atoms with Gasteiger partial charge >= 0.3 is 0 Å². The molecule has 1 aromatic heterocycles. The van der Waals surface area contributed by atoms with Crippen molar-refractivity contribution in [3.8, 4) is 0 Å². The predicted octanol–water partition coefficient (Wildman–Crippen LogP) is 5.91. The molecule has 1 rings (SSSR count). The first-order valence-corrected chi connectivity index (χ1v) is 9.09. The molecule has 0 aliphatic rings. The average molecular weight is 296 g/mol. The van der Waals surface area contributed by atoms with Crippen LogP contribution in [0.1, 0.15) is 83.0 Å². The highest BCUT2D eigenvalue weighted by atomic mass is 32.1. The van der Waals surface area contributed by atoms with Gasteiger partial charge in [-0.05, 0) is 36.4 Å². The smallest absolute Gasteiger partial charge is 0.0443 e. The third-order valence-corrected chi connectivity index (χ3v) is 5.61. The van der Waals surface area contributed by atoms with Crippen molar-refractivity contribution in [1.29, 1.82) is 0 Å². The summed E-state index contributed by atoms with van der Waals surface area (Å²) in [6, 6.07) is 5.22. The topological polar surface area (TPSA) is 12.0 Å². The highest BCUT2D eigenvalue weighted by Gasteiger charge is 2.24. The van der Waals surface area contributed by atoms with Gasteiger partial charge in [-0.1, -0.05) is 60.8 Å². The molecule has 1 aromatic rings. The van der Waals surface area contributed by atoms with E-state index in [-0.39, 0.29) is 5.41 Å². The van der Waals surface area contributed by atoms with Crippen molar-refractivity contribution in [3.63, 3.8) is 0 Å². The molecule has 0 saturated carbocycles. The lowest BCUT2D eigenvalue weighted by atomic mass is 9.90. The van der Waals surface area contributed by atoms with Crippen LogP contribution in [0.25, 0.3) is 0 Å². The lowest BCUT2D eigenvalue weighted by Gasteiger charge is -2.26. The van der Waals surface area contributed by atoms with Gasteiger partial charge in [0, 0.05) is 15.8 Å². The minimum Gasteiger partial charge on any atom is -0.309 e. The number of rotatable bonds is 8. The molecule has 0 radical (unpaired) electrons. The second-order valence-corrected chi connectivity index (χ2v) is 7.91. The van der Waals surface area contributed by atoms with Crippen molar-refractivity contribution in [2.24, 2.45) is 5.92 Å². The fourth-order valence-electron chi connectivity index (χ4n) is 2.72. The molecule has 2 unspecified atom stereocenters. The molecule has 0 aliphatic carbocycles. The third-order valence-electron chi connectivity index (χ3n) is 4.02. The van der Waals surface area contributed by atoms with E-state index in [4.69, 9.17) is 0 Å². The van der Waals surface area contributed by atoms with Crippen LogP contribution in [0, 0.1) is 5.92 Å². The van der Waals surface area contributed by atoms with Crippen LogP contribution in [0.15, 0.2) is 12.1 Å². The minimum absolute atomic E-state index is 0.269. The van der Waals surface area contributed by atoms with Crippen molar-refractivity contribution in [3.05, 3.63) is 21.9 Å². The molecule has 2 heteroatoms. The first-order valence-electron chi connectivity index (χ1n) is 8.27. The molecule has 0 amide bonds. The zero-order valence-electron chi connectivity index (χ0n) is 14.3. The molecule has 0 fully saturated rings. The maximum Gasteiger partial charge on any atom is 0.0443 e. The standard InChI is InChI=1S/C18H33NS/c1-7-10-11-14(8-2)17(19-9-3)15-12-13-16(20-15)18(4,5)6/h12-14,17,19H,7-11H2,1-6H3. The van der Waals surface area contributed by atoms with Crippen molar-refractivity contribution in [1.82, 2.24) is 5.32 Å². The Hall–Kier alpha value is -0.340. The van der Waals surface area contributed by atoms with Crippen molar-refractivity contribution in [2.75, 3.05) is 6.54 Å². The minimum atomic E-state index is 0.269. The molecule has 0 bridgehead atoms. The van der Waals surface area contributed by atoms with E-state index in [1.165, 1.54) is 35.4 Å². The average Bonchev–Trinajstić information content (AvgIpc) is 2.87.